The first-order chi connectivity index (χ1) is 6.52. The number of rotatable bonds is 1. The first-order valence-electron chi connectivity index (χ1n) is 4.55. The molecule has 0 radical (unpaired) electrons. The van der Waals surface area contributed by atoms with Gasteiger partial charge in [0.15, 0.2) is 0 Å². The molecule has 0 amide bonds. The predicted molar refractivity (Wildman–Crippen MR) is 59.8 cm³/mol. The molecule has 0 saturated heterocycles. The minimum atomic E-state index is -0.323. The minimum Gasteiger partial charge on any atom is -0.467 e. The molecule has 0 fully saturated rings. The highest BCUT2D eigenvalue weighted by Gasteiger charge is 2.36. The summed E-state index contributed by atoms with van der Waals surface area (Å²) < 4.78 is 5.51. The van der Waals surface area contributed by atoms with Gasteiger partial charge in [-0.1, -0.05) is 6.07 Å². The third-order valence-corrected chi connectivity index (χ3v) is 3.52. The van der Waals surface area contributed by atoms with Gasteiger partial charge in [-0.2, -0.15) is 0 Å². The van der Waals surface area contributed by atoms with E-state index >= 15 is 0 Å². The SMILES string of the molecule is CC1=C(c2cccs2)C(=N)OC1(C)C. The largest absolute Gasteiger partial charge is 0.467 e. The lowest BCUT2D eigenvalue weighted by Gasteiger charge is -2.18. The van der Waals surface area contributed by atoms with Gasteiger partial charge in [-0.05, 0) is 37.8 Å². The van der Waals surface area contributed by atoms with E-state index in [0.29, 0.717) is 5.90 Å². The number of thiophene rings is 1. The molecule has 0 atom stereocenters. The lowest BCUT2D eigenvalue weighted by Crippen LogP contribution is -2.21. The number of ether oxygens (including phenoxy) is 1. The van der Waals surface area contributed by atoms with Crippen molar-refractivity contribution in [2.24, 2.45) is 0 Å². The standard InChI is InChI=1S/C11H13NOS/c1-7-9(8-5-4-6-14-8)10(12)13-11(7,2)3/h4-6,12H,1-3H3. The van der Waals surface area contributed by atoms with Crippen LogP contribution in [0.3, 0.4) is 0 Å². The van der Waals surface area contributed by atoms with Crippen molar-refractivity contribution >= 4 is 22.8 Å². The lowest BCUT2D eigenvalue weighted by molar-refractivity contribution is 0.149. The fourth-order valence-electron chi connectivity index (χ4n) is 1.57. The topological polar surface area (TPSA) is 33.1 Å². The molecule has 1 aromatic heterocycles. The van der Waals surface area contributed by atoms with Crippen LogP contribution in [0.15, 0.2) is 23.1 Å². The van der Waals surface area contributed by atoms with E-state index in [1.54, 1.807) is 11.3 Å². The van der Waals surface area contributed by atoms with Gasteiger partial charge in [0.25, 0.3) is 0 Å². The Balaban J connectivity index is 2.54. The maximum Gasteiger partial charge on any atom is 0.215 e. The maximum atomic E-state index is 7.79. The second-order valence-corrected chi connectivity index (χ2v) is 4.87. The minimum absolute atomic E-state index is 0.301. The Kier molecular flexibility index (Phi) is 2.00. The van der Waals surface area contributed by atoms with Gasteiger partial charge in [-0.15, -0.1) is 11.3 Å². The maximum absolute atomic E-state index is 7.79. The van der Waals surface area contributed by atoms with Crippen molar-refractivity contribution in [2.45, 2.75) is 26.4 Å². The second kappa shape index (κ2) is 2.95. The van der Waals surface area contributed by atoms with E-state index < -0.39 is 0 Å². The monoisotopic (exact) mass is 207 g/mol. The van der Waals surface area contributed by atoms with Crippen LogP contribution in [0.5, 0.6) is 0 Å². The van der Waals surface area contributed by atoms with Crippen molar-refractivity contribution in [3.63, 3.8) is 0 Å². The van der Waals surface area contributed by atoms with Crippen LogP contribution in [-0.2, 0) is 4.74 Å². The van der Waals surface area contributed by atoms with Crippen molar-refractivity contribution in [3.05, 3.63) is 28.0 Å². The van der Waals surface area contributed by atoms with Crippen LogP contribution in [0, 0.1) is 5.41 Å². The molecule has 14 heavy (non-hydrogen) atoms. The van der Waals surface area contributed by atoms with Gasteiger partial charge in [0, 0.05) is 4.88 Å². The zero-order valence-corrected chi connectivity index (χ0v) is 9.37. The molecule has 2 heterocycles. The van der Waals surface area contributed by atoms with Gasteiger partial charge in [-0.3, -0.25) is 5.41 Å². The van der Waals surface area contributed by atoms with Gasteiger partial charge in [0.2, 0.25) is 5.90 Å². The molecule has 1 aliphatic heterocycles. The summed E-state index contributed by atoms with van der Waals surface area (Å²) in [5.41, 5.74) is 1.78. The zero-order valence-electron chi connectivity index (χ0n) is 8.55. The van der Waals surface area contributed by atoms with E-state index in [2.05, 4.69) is 0 Å². The van der Waals surface area contributed by atoms with E-state index in [0.717, 1.165) is 16.0 Å². The molecule has 2 nitrogen and oxygen atoms in total. The summed E-state index contributed by atoms with van der Waals surface area (Å²) in [6.07, 6.45) is 0. The van der Waals surface area contributed by atoms with E-state index in [4.69, 9.17) is 10.1 Å². The average Bonchev–Trinajstić information content (AvgIpc) is 2.61. The molecule has 0 aliphatic carbocycles. The lowest BCUT2D eigenvalue weighted by atomic mass is 9.97. The smallest absolute Gasteiger partial charge is 0.215 e. The molecule has 2 rings (SSSR count). The highest BCUT2D eigenvalue weighted by molar-refractivity contribution is 7.11. The Morgan fingerprint density at radius 3 is 2.57 bits per heavy atom. The Hall–Kier alpha value is -1.09. The molecule has 0 unspecified atom stereocenters. The molecule has 74 valence electrons. The fourth-order valence-corrected chi connectivity index (χ4v) is 2.40. The predicted octanol–water partition coefficient (Wildman–Crippen LogP) is 3.31. The average molecular weight is 207 g/mol. The normalized spacial score (nSPS) is 20.1. The summed E-state index contributed by atoms with van der Waals surface area (Å²) in [4.78, 5) is 1.12. The molecular formula is C11H13NOS. The fraction of sp³-hybridized carbons (Fsp3) is 0.364. The summed E-state index contributed by atoms with van der Waals surface area (Å²) in [6, 6.07) is 4.03. The van der Waals surface area contributed by atoms with E-state index in [9.17, 15) is 0 Å². The summed E-state index contributed by atoms with van der Waals surface area (Å²) in [5, 5.41) is 9.82. The van der Waals surface area contributed by atoms with Crippen molar-refractivity contribution in [1.82, 2.24) is 0 Å². The molecule has 1 N–H and O–H groups in total. The van der Waals surface area contributed by atoms with Crippen LogP contribution in [0.25, 0.3) is 5.57 Å². The van der Waals surface area contributed by atoms with Gasteiger partial charge < -0.3 is 4.74 Å². The van der Waals surface area contributed by atoms with Gasteiger partial charge in [0.05, 0.1) is 5.57 Å². The summed E-state index contributed by atoms with van der Waals surface area (Å²) in [7, 11) is 0. The highest BCUT2D eigenvalue weighted by Crippen LogP contribution is 2.38. The quantitative estimate of drug-likeness (QED) is 0.753. The van der Waals surface area contributed by atoms with Crippen LogP contribution in [0.1, 0.15) is 25.6 Å². The Bertz CT molecular complexity index is 401. The molecule has 0 spiro atoms. The van der Waals surface area contributed by atoms with Crippen LogP contribution in [0.4, 0.5) is 0 Å². The first-order valence-corrected chi connectivity index (χ1v) is 5.43. The van der Waals surface area contributed by atoms with E-state index in [1.807, 2.05) is 38.3 Å². The van der Waals surface area contributed by atoms with Crippen LogP contribution in [-0.4, -0.2) is 11.5 Å². The number of nitrogens with one attached hydrogen (secondary N) is 1. The molecule has 0 aromatic carbocycles. The third-order valence-electron chi connectivity index (χ3n) is 2.63. The number of hydrogen-bond acceptors (Lipinski definition) is 3. The molecular weight excluding hydrogens is 194 g/mol. The van der Waals surface area contributed by atoms with Crippen molar-refractivity contribution in [1.29, 1.82) is 5.41 Å². The molecule has 0 bridgehead atoms. The van der Waals surface area contributed by atoms with Crippen LogP contribution < -0.4 is 0 Å². The van der Waals surface area contributed by atoms with Gasteiger partial charge in [-0.25, -0.2) is 0 Å². The molecule has 0 saturated carbocycles. The summed E-state index contributed by atoms with van der Waals surface area (Å²) in [5.74, 6) is 0.301. The van der Waals surface area contributed by atoms with E-state index in [1.165, 1.54) is 0 Å². The Morgan fingerprint density at radius 2 is 2.14 bits per heavy atom. The summed E-state index contributed by atoms with van der Waals surface area (Å²) in [6.45, 7) is 6.03. The molecule has 1 aromatic rings. The molecule has 3 heteroatoms. The van der Waals surface area contributed by atoms with Crippen molar-refractivity contribution in [3.8, 4) is 0 Å². The van der Waals surface area contributed by atoms with Crippen molar-refractivity contribution < 1.29 is 4.74 Å². The highest BCUT2D eigenvalue weighted by atomic mass is 32.1. The van der Waals surface area contributed by atoms with Crippen LogP contribution in [0.2, 0.25) is 0 Å². The van der Waals surface area contributed by atoms with Crippen LogP contribution >= 0.6 is 11.3 Å². The molecule has 1 aliphatic rings. The third kappa shape index (κ3) is 1.28. The second-order valence-electron chi connectivity index (χ2n) is 3.92. The van der Waals surface area contributed by atoms with Gasteiger partial charge in [0.1, 0.15) is 5.60 Å². The van der Waals surface area contributed by atoms with Gasteiger partial charge >= 0.3 is 0 Å². The Morgan fingerprint density at radius 1 is 1.43 bits per heavy atom. The Labute approximate surface area is 87.7 Å². The number of hydrogen-bond donors (Lipinski definition) is 1. The summed E-state index contributed by atoms with van der Waals surface area (Å²) >= 11 is 1.65. The first kappa shape index (κ1) is 9.46. The van der Waals surface area contributed by atoms with Crippen molar-refractivity contribution in [2.75, 3.05) is 0 Å². The zero-order chi connectivity index (χ0) is 10.3. The van der Waals surface area contributed by atoms with E-state index in [-0.39, 0.29) is 5.60 Å².